The van der Waals surface area contributed by atoms with E-state index in [1.165, 1.54) is 0 Å². The molecule has 0 aliphatic carbocycles. The van der Waals surface area contributed by atoms with Gasteiger partial charge in [-0.25, -0.2) is 0 Å². The van der Waals surface area contributed by atoms with E-state index in [2.05, 4.69) is 51.7 Å². The minimum Gasteiger partial charge on any atom is -0.288 e. The Morgan fingerprint density at radius 2 is 1.92 bits per heavy atom. The van der Waals surface area contributed by atoms with Crippen LogP contribution in [0.5, 0.6) is 0 Å². The maximum Gasteiger partial charge on any atom is 0.0310 e. The summed E-state index contributed by atoms with van der Waals surface area (Å²) in [6.07, 6.45) is 4.63. The summed E-state index contributed by atoms with van der Waals surface area (Å²) >= 11 is 0. The van der Waals surface area contributed by atoms with Gasteiger partial charge in [0.25, 0.3) is 0 Å². The monoisotopic (exact) mass is 167 g/mol. The maximum atomic E-state index is 2.55. The fourth-order valence-corrected chi connectivity index (χ4v) is 1.84. The fraction of sp³-hybridized carbons (Fsp3) is 0.818. The van der Waals surface area contributed by atoms with E-state index in [4.69, 9.17) is 0 Å². The molecule has 1 atom stereocenters. The number of hydrogen-bond acceptors (Lipinski definition) is 1. The van der Waals surface area contributed by atoms with Gasteiger partial charge in [-0.3, -0.25) is 4.90 Å². The zero-order valence-electron chi connectivity index (χ0n) is 8.96. The minimum atomic E-state index is 0.304. The van der Waals surface area contributed by atoms with E-state index in [-0.39, 0.29) is 0 Å². The van der Waals surface area contributed by atoms with Crippen molar-refractivity contribution in [3.63, 3.8) is 0 Å². The lowest BCUT2D eigenvalue weighted by Crippen LogP contribution is -2.46. The Bertz CT molecular complexity index is 174. The second kappa shape index (κ2) is 3.21. The normalized spacial score (nSPS) is 25.7. The van der Waals surface area contributed by atoms with Crippen molar-refractivity contribution in [2.75, 3.05) is 6.54 Å². The first-order valence-corrected chi connectivity index (χ1v) is 4.86. The Labute approximate surface area is 76.5 Å². The second-order valence-corrected chi connectivity index (χ2v) is 4.99. The Kier molecular flexibility index (Phi) is 2.62. The van der Waals surface area contributed by atoms with E-state index >= 15 is 0 Å². The zero-order chi connectivity index (χ0) is 9.35. The van der Waals surface area contributed by atoms with Gasteiger partial charge in [0, 0.05) is 18.1 Å². The van der Waals surface area contributed by atoms with Crippen LogP contribution in [0.25, 0.3) is 0 Å². The summed E-state index contributed by atoms with van der Waals surface area (Å²) in [7, 11) is 0. The largest absolute Gasteiger partial charge is 0.288 e. The third kappa shape index (κ3) is 1.89. The van der Waals surface area contributed by atoms with Gasteiger partial charge >= 0.3 is 0 Å². The number of hydrogen-bond donors (Lipinski definition) is 0. The third-order valence-electron chi connectivity index (χ3n) is 2.54. The molecule has 1 rings (SSSR count). The smallest absolute Gasteiger partial charge is 0.0310 e. The number of nitrogens with zero attached hydrogens (tertiary/aromatic N) is 1. The van der Waals surface area contributed by atoms with Crippen molar-refractivity contribution in [3.05, 3.63) is 12.2 Å². The standard InChI is InChI=1S/C11H21N/c1-9(2)10-7-6-8-12(10)11(3,4)5/h6-7,9-10H,8H2,1-5H3. The molecule has 70 valence electrons. The van der Waals surface area contributed by atoms with Gasteiger partial charge in [-0.1, -0.05) is 26.0 Å². The topological polar surface area (TPSA) is 3.24 Å². The van der Waals surface area contributed by atoms with Gasteiger partial charge in [0.15, 0.2) is 0 Å². The Morgan fingerprint density at radius 1 is 1.33 bits per heavy atom. The molecule has 12 heavy (non-hydrogen) atoms. The summed E-state index contributed by atoms with van der Waals surface area (Å²) in [6, 6.07) is 0.644. The minimum absolute atomic E-state index is 0.304. The van der Waals surface area contributed by atoms with Gasteiger partial charge in [0.1, 0.15) is 0 Å². The van der Waals surface area contributed by atoms with Gasteiger partial charge in [0.05, 0.1) is 0 Å². The van der Waals surface area contributed by atoms with E-state index in [0.717, 1.165) is 12.5 Å². The van der Waals surface area contributed by atoms with E-state index in [1.807, 2.05) is 0 Å². The average Bonchev–Trinajstić information content (AvgIpc) is 2.30. The van der Waals surface area contributed by atoms with Crippen LogP contribution in [0, 0.1) is 5.92 Å². The lowest BCUT2D eigenvalue weighted by atomic mass is 9.98. The molecule has 0 fully saturated rings. The molecule has 0 amide bonds. The van der Waals surface area contributed by atoms with Crippen molar-refractivity contribution < 1.29 is 0 Å². The molecular weight excluding hydrogens is 146 g/mol. The van der Waals surface area contributed by atoms with Crippen molar-refractivity contribution in [2.24, 2.45) is 5.92 Å². The molecule has 0 N–H and O–H groups in total. The van der Waals surface area contributed by atoms with Crippen molar-refractivity contribution in [1.29, 1.82) is 0 Å². The van der Waals surface area contributed by atoms with Crippen LogP contribution >= 0.6 is 0 Å². The summed E-state index contributed by atoms with van der Waals surface area (Å²) in [5.74, 6) is 0.725. The highest BCUT2D eigenvalue weighted by Crippen LogP contribution is 2.25. The van der Waals surface area contributed by atoms with Gasteiger partial charge < -0.3 is 0 Å². The van der Waals surface area contributed by atoms with Crippen molar-refractivity contribution in [3.8, 4) is 0 Å². The molecule has 1 heteroatoms. The summed E-state index contributed by atoms with van der Waals surface area (Å²) in [4.78, 5) is 2.55. The first-order valence-electron chi connectivity index (χ1n) is 4.86. The van der Waals surface area contributed by atoms with Crippen LogP contribution < -0.4 is 0 Å². The lowest BCUT2D eigenvalue weighted by Gasteiger charge is -2.38. The lowest BCUT2D eigenvalue weighted by molar-refractivity contribution is 0.108. The predicted molar refractivity (Wildman–Crippen MR) is 54.2 cm³/mol. The molecule has 1 unspecified atom stereocenters. The van der Waals surface area contributed by atoms with E-state index in [1.54, 1.807) is 0 Å². The third-order valence-corrected chi connectivity index (χ3v) is 2.54. The van der Waals surface area contributed by atoms with Crippen LogP contribution in [0.1, 0.15) is 34.6 Å². The van der Waals surface area contributed by atoms with E-state index in [0.29, 0.717) is 11.6 Å². The average molecular weight is 167 g/mol. The molecule has 0 bridgehead atoms. The van der Waals surface area contributed by atoms with Gasteiger partial charge in [0.2, 0.25) is 0 Å². The quantitative estimate of drug-likeness (QED) is 0.543. The van der Waals surface area contributed by atoms with Crippen LogP contribution in [0.2, 0.25) is 0 Å². The summed E-state index contributed by atoms with van der Waals surface area (Å²) < 4.78 is 0. The van der Waals surface area contributed by atoms with Crippen molar-refractivity contribution >= 4 is 0 Å². The SMILES string of the molecule is CC(C)C1C=CCN1C(C)(C)C. The Morgan fingerprint density at radius 3 is 2.25 bits per heavy atom. The molecule has 0 aromatic heterocycles. The molecular formula is C11H21N. The highest BCUT2D eigenvalue weighted by Gasteiger charge is 2.30. The number of rotatable bonds is 1. The Hall–Kier alpha value is -0.300. The zero-order valence-corrected chi connectivity index (χ0v) is 8.96. The van der Waals surface area contributed by atoms with Crippen LogP contribution in [0.4, 0.5) is 0 Å². The Balaban J connectivity index is 2.69. The first-order chi connectivity index (χ1) is 5.43. The van der Waals surface area contributed by atoms with Crippen LogP contribution in [-0.2, 0) is 0 Å². The van der Waals surface area contributed by atoms with Gasteiger partial charge in [-0.15, -0.1) is 0 Å². The van der Waals surface area contributed by atoms with Gasteiger partial charge in [-0.05, 0) is 26.7 Å². The summed E-state index contributed by atoms with van der Waals surface area (Å²) in [5, 5.41) is 0. The first kappa shape index (κ1) is 9.79. The van der Waals surface area contributed by atoms with Crippen LogP contribution in [0.15, 0.2) is 12.2 Å². The fourth-order valence-electron chi connectivity index (χ4n) is 1.84. The van der Waals surface area contributed by atoms with Gasteiger partial charge in [-0.2, -0.15) is 0 Å². The molecule has 0 aromatic carbocycles. The van der Waals surface area contributed by atoms with Crippen LogP contribution in [-0.4, -0.2) is 23.0 Å². The molecule has 1 heterocycles. The highest BCUT2D eigenvalue weighted by molar-refractivity contribution is 5.08. The molecule has 0 saturated carbocycles. The highest BCUT2D eigenvalue weighted by atomic mass is 15.2. The molecule has 0 aromatic rings. The predicted octanol–water partition coefficient (Wildman–Crippen LogP) is 2.68. The summed E-state index contributed by atoms with van der Waals surface area (Å²) in [5.41, 5.74) is 0.304. The van der Waals surface area contributed by atoms with Crippen LogP contribution in [0.3, 0.4) is 0 Å². The van der Waals surface area contributed by atoms with Crippen molar-refractivity contribution in [2.45, 2.75) is 46.2 Å². The molecule has 0 radical (unpaired) electrons. The summed E-state index contributed by atoms with van der Waals surface area (Å²) in [6.45, 7) is 12.6. The van der Waals surface area contributed by atoms with E-state index in [9.17, 15) is 0 Å². The molecule has 0 spiro atoms. The molecule has 1 aliphatic heterocycles. The molecule has 1 nitrogen and oxygen atoms in total. The molecule has 0 saturated heterocycles. The van der Waals surface area contributed by atoms with E-state index < -0.39 is 0 Å². The maximum absolute atomic E-state index is 2.55. The van der Waals surface area contributed by atoms with Crippen molar-refractivity contribution in [1.82, 2.24) is 4.90 Å². The second-order valence-electron chi connectivity index (χ2n) is 4.99. The molecule has 1 aliphatic rings.